The molecule has 1 N–H and O–H groups in total. The van der Waals surface area contributed by atoms with Gasteiger partial charge >= 0.3 is 0 Å². The molecule has 0 saturated carbocycles. The normalized spacial score (nSPS) is 20.4. The van der Waals surface area contributed by atoms with E-state index < -0.39 is 0 Å². The molecule has 0 aliphatic carbocycles. The van der Waals surface area contributed by atoms with Gasteiger partial charge in [0, 0.05) is 0 Å². The van der Waals surface area contributed by atoms with Gasteiger partial charge in [-0.1, -0.05) is 5.16 Å². The minimum absolute atomic E-state index is 0.240. The Balaban J connectivity index is 1.87. The Morgan fingerprint density at radius 2 is 2.44 bits per heavy atom. The molecule has 6 heteroatoms. The highest BCUT2D eigenvalue weighted by Gasteiger charge is 2.22. The monoisotopic (exact) mass is 299 g/mol. The Hall–Kier alpha value is -0.720. The minimum atomic E-state index is 0.240. The standard InChI is InChI=1S/C10H10BrN3OS/c11-8-4-3-7(16-8)9-13-10(15-14-9)6-2-1-5-12-6/h3-4,6,12H,1-2,5H2/t6-/m1/s1. The molecule has 1 fully saturated rings. The number of hydrogen-bond donors (Lipinski definition) is 1. The number of thiophene rings is 1. The molecule has 0 bridgehead atoms. The maximum absolute atomic E-state index is 5.28. The fourth-order valence-corrected chi connectivity index (χ4v) is 3.12. The third kappa shape index (κ3) is 1.92. The number of nitrogens with one attached hydrogen (secondary N) is 1. The van der Waals surface area contributed by atoms with Crippen LogP contribution in [0.25, 0.3) is 10.7 Å². The van der Waals surface area contributed by atoms with Crippen molar-refractivity contribution in [1.82, 2.24) is 15.5 Å². The van der Waals surface area contributed by atoms with Gasteiger partial charge in [0.25, 0.3) is 0 Å². The van der Waals surface area contributed by atoms with Gasteiger partial charge in [0.05, 0.1) is 14.7 Å². The lowest BCUT2D eigenvalue weighted by Crippen LogP contribution is -2.12. The van der Waals surface area contributed by atoms with E-state index in [1.54, 1.807) is 11.3 Å². The van der Waals surface area contributed by atoms with Crippen LogP contribution in [0.15, 0.2) is 20.4 Å². The molecule has 0 unspecified atom stereocenters. The van der Waals surface area contributed by atoms with Crippen molar-refractivity contribution < 1.29 is 4.52 Å². The fourth-order valence-electron chi connectivity index (χ4n) is 1.81. The Bertz CT molecular complexity index is 490. The largest absolute Gasteiger partial charge is 0.337 e. The van der Waals surface area contributed by atoms with Crippen LogP contribution >= 0.6 is 27.3 Å². The Kier molecular flexibility index (Phi) is 2.79. The first-order valence-corrected chi connectivity index (χ1v) is 6.76. The van der Waals surface area contributed by atoms with E-state index in [-0.39, 0.29) is 6.04 Å². The molecule has 1 aliphatic heterocycles. The molecule has 1 atom stereocenters. The number of halogens is 1. The van der Waals surface area contributed by atoms with E-state index in [9.17, 15) is 0 Å². The van der Waals surface area contributed by atoms with Crippen molar-refractivity contribution in [3.8, 4) is 10.7 Å². The third-order valence-corrected chi connectivity index (χ3v) is 4.21. The van der Waals surface area contributed by atoms with Crippen LogP contribution in [-0.4, -0.2) is 16.7 Å². The van der Waals surface area contributed by atoms with Crippen molar-refractivity contribution in [3.05, 3.63) is 21.8 Å². The summed E-state index contributed by atoms with van der Waals surface area (Å²) in [5, 5.41) is 7.35. The molecule has 2 aromatic heterocycles. The molecule has 16 heavy (non-hydrogen) atoms. The highest BCUT2D eigenvalue weighted by molar-refractivity contribution is 9.11. The molecule has 0 radical (unpaired) electrons. The molecular formula is C10H10BrN3OS. The van der Waals surface area contributed by atoms with E-state index >= 15 is 0 Å². The number of aromatic nitrogens is 2. The maximum atomic E-state index is 5.28. The summed E-state index contributed by atoms with van der Waals surface area (Å²) in [6, 6.07) is 4.22. The summed E-state index contributed by atoms with van der Waals surface area (Å²) in [4.78, 5) is 5.45. The van der Waals surface area contributed by atoms with Crippen molar-refractivity contribution in [2.45, 2.75) is 18.9 Å². The van der Waals surface area contributed by atoms with Crippen LogP contribution in [0.1, 0.15) is 24.8 Å². The average Bonchev–Trinajstić information content (AvgIpc) is 2.97. The van der Waals surface area contributed by atoms with Crippen LogP contribution in [0.3, 0.4) is 0 Å². The summed E-state index contributed by atoms with van der Waals surface area (Å²) in [6.45, 7) is 1.03. The van der Waals surface area contributed by atoms with Crippen molar-refractivity contribution >= 4 is 27.3 Å². The molecule has 4 nitrogen and oxygen atoms in total. The third-order valence-electron chi connectivity index (χ3n) is 2.59. The van der Waals surface area contributed by atoms with Gasteiger partial charge in [-0.3, -0.25) is 0 Å². The summed E-state index contributed by atoms with van der Waals surface area (Å²) in [7, 11) is 0. The number of rotatable bonds is 2. The predicted octanol–water partition coefficient (Wildman–Crippen LogP) is 2.99. The van der Waals surface area contributed by atoms with Crippen molar-refractivity contribution in [3.63, 3.8) is 0 Å². The molecule has 3 rings (SSSR count). The van der Waals surface area contributed by atoms with Crippen LogP contribution in [-0.2, 0) is 0 Å². The Morgan fingerprint density at radius 3 is 3.12 bits per heavy atom. The Labute approximate surface area is 105 Å². The van der Waals surface area contributed by atoms with Crippen molar-refractivity contribution in [1.29, 1.82) is 0 Å². The second-order valence-corrected chi connectivity index (χ2v) is 6.17. The lowest BCUT2D eigenvalue weighted by molar-refractivity contribution is 0.345. The lowest BCUT2D eigenvalue weighted by Gasteiger charge is -2.01. The van der Waals surface area contributed by atoms with E-state index in [0.29, 0.717) is 11.7 Å². The molecular weight excluding hydrogens is 290 g/mol. The zero-order valence-electron chi connectivity index (χ0n) is 8.44. The van der Waals surface area contributed by atoms with Crippen LogP contribution < -0.4 is 5.32 Å². The first-order chi connectivity index (χ1) is 7.83. The van der Waals surface area contributed by atoms with Gasteiger partial charge in [0.1, 0.15) is 0 Å². The maximum Gasteiger partial charge on any atom is 0.244 e. The minimum Gasteiger partial charge on any atom is -0.337 e. The van der Waals surface area contributed by atoms with Crippen LogP contribution in [0.2, 0.25) is 0 Å². The van der Waals surface area contributed by atoms with Gasteiger partial charge in [-0.15, -0.1) is 11.3 Å². The summed E-state index contributed by atoms with van der Waals surface area (Å²) < 4.78 is 6.36. The molecule has 0 amide bonds. The lowest BCUT2D eigenvalue weighted by atomic mass is 10.2. The number of nitrogens with zero attached hydrogens (tertiary/aromatic N) is 2. The van der Waals surface area contributed by atoms with Crippen molar-refractivity contribution in [2.75, 3.05) is 6.54 Å². The molecule has 3 heterocycles. The summed E-state index contributed by atoms with van der Waals surface area (Å²) in [5.74, 6) is 1.39. The predicted molar refractivity (Wildman–Crippen MR) is 65.3 cm³/mol. The summed E-state index contributed by atoms with van der Waals surface area (Å²) in [5.41, 5.74) is 0. The van der Waals surface area contributed by atoms with Gasteiger partial charge in [0.15, 0.2) is 0 Å². The van der Waals surface area contributed by atoms with Gasteiger partial charge in [-0.05, 0) is 47.4 Å². The van der Waals surface area contributed by atoms with Crippen molar-refractivity contribution in [2.24, 2.45) is 0 Å². The second-order valence-electron chi connectivity index (χ2n) is 3.71. The van der Waals surface area contributed by atoms with Crippen LogP contribution in [0.5, 0.6) is 0 Å². The van der Waals surface area contributed by atoms with E-state index in [1.807, 2.05) is 12.1 Å². The van der Waals surface area contributed by atoms with Crippen LogP contribution in [0.4, 0.5) is 0 Å². The number of hydrogen-bond acceptors (Lipinski definition) is 5. The van der Waals surface area contributed by atoms with Gasteiger partial charge in [0.2, 0.25) is 11.7 Å². The highest BCUT2D eigenvalue weighted by Crippen LogP contribution is 2.30. The highest BCUT2D eigenvalue weighted by atomic mass is 79.9. The van der Waals surface area contributed by atoms with E-state index in [2.05, 4.69) is 31.4 Å². The summed E-state index contributed by atoms with van der Waals surface area (Å²) >= 11 is 5.03. The zero-order valence-corrected chi connectivity index (χ0v) is 10.8. The fraction of sp³-hybridized carbons (Fsp3) is 0.400. The van der Waals surface area contributed by atoms with E-state index in [1.165, 1.54) is 6.42 Å². The SMILES string of the molecule is Brc1ccc(-c2noc([C@H]3CCCN3)n2)s1. The Morgan fingerprint density at radius 1 is 1.50 bits per heavy atom. The molecule has 1 aliphatic rings. The molecule has 1 saturated heterocycles. The zero-order chi connectivity index (χ0) is 11.0. The second kappa shape index (κ2) is 4.27. The van der Waals surface area contributed by atoms with E-state index in [0.717, 1.165) is 21.6 Å². The van der Waals surface area contributed by atoms with Gasteiger partial charge < -0.3 is 9.84 Å². The first kappa shape index (κ1) is 10.4. The smallest absolute Gasteiger partial charge is 0.244 e. The van der Waals surface area contributed by atoms with Gasteiger partial charge in [-0.2, -0.15) is 4.98 Å². The van der Waals surface area contributed by atoms with E-state index in [4.69, 9.17) is 4.52 Å². The quantitative estimate of drug-likeness (QED) is 0.926. The molecule has 84 valence electrons. The molecule has 2 aromatic rings. The molecule has 0 spiro atoms. The summed E-state index contributed by atoms with van der Waals surface area (Å²) in [6.07, 6.45) is 2.25. The van der Waals surface area contributed by atoms with Crippen LogP contribution in [0, 0.1) is 0 Å². The van der Waals surface area contributed by atoms with Gasteiger partial charge in [-0.25, -0.2) is 0 Å². The average molecular weight is 300 g/mol. The first-order valence-electron chi connectivity index (χ1n) is 5.15. The topological polar surface area (TPSA) is 51.0 Å². The molecule has 0 aromatic carbocycles.